The zero-order chi connectivity index (χ0) is 17.2. The van der Waals surface area contributed by atoms with Gasteiger partial charge in [-0.2, -0.15) is 0 Å². The van der Waals surface area contributed by atoms with Crippen LogP contribution in [0.5, 0.6) is 0 Å². The normalized spacial score (nSPS) is 19.8. The molecule has 0 bridgehead atoms. The Hall–Kier alpha value is -2.74. The van der Waals surface area contributed by atoms with E-state index >= 15 is 0 Å². The van der Waals surface area contributed by atoms with E-state index < -0.39 is 0 Å². The Morgan fingerprint density at radius 3 is 2.68 bits per heavy atom. The quantitative estimate of drug-likeness (QED) is 0.589. The van der Waals surface area contributed by atoms with Gasteiger partial charge >= 0.3 is 0 Å². The maximum atomic E-state index is 12.0. The second-order valence-electron chi connectivity index (χ2n) is 6.82. The molecule has 1 fully saturated rings. The lowest BCUT2D eigenvalue weighted by Crippen LogP contribution is -2.07. The van der Waals surface area contributed by atoms with Crippen LogP contribution < -0.4 is 0 Å². The highest BCUT2D eigenvalue weighted by Gasteiger charge is 2.30. The monoisotopic (exact) mass is 327 g/mol. The Balaban J connectivity index is 1.80. The lowest BCUT2D eigenvalue weighted by atomic mass is 9.90. The first-order chi connectivity index (χ1) is 12.3. The molecule has 1 aromatic heterocycles. The average Bonchev–Trinajstić information content (AvgIpc) is 3.17. The molecule has 2 aromatic carbocycles. The fourth-order valence-corrected chi connectivity index (χ4v) is 4.02. The van der Waals surface area contributed by atoms with Crippen LogP contribution in [0.1, 0.15) is 30.7 Å². The maximum absolute atomic E-state index is 12.0. The molecule has 1 saturated carbocycles. The van der Waals surface area contributed by atoms with E-state index in [2.05, 4.69) is 54.0 Å². The van der Waals surface area contributed by atoms with Crippen molar-refractivity contribution in [2.75, 3.05) is 0 Å². The van der Waals surface area contributed by atoms with E-state index in [0.29, 0.717) is 5.92 Å². The number of pyridine rings is 1. The summed E-state index contributed by atoms with van der Waals surface area (Å²) >= 11 is 0. The van der Waals surface area contributed by atoms with Gasteiger partial charge in [-0.1, -0.05) is 43.0 Å². The lowest BCUT2D eigenvalue weighted by Gasteiger charge is -2.15. The molecular weight excluding hydrogens is 306 g/mol. The molecule has 4 rings (SSSR count). The van der Waals surface area contributed by atoms with Gasteiger partial charge in [0, 0.05) is 17.5 Å². The summed E-state index contributed by atoms with van der Waals surface area (Å²) in [6, 6.07) is 19.0. The second-order valence-corrected chi connectivity index (χ2v) is 6.82. The van der Waals surface area contributed by atoms with Crippen molar-refractivity contribution in [1.82, 2.24) is 4.98 Å². The Morgan fingerprint density at radius 1 is 1.04 bits per heavy atom. The van der Waals surface area contributed by atoms with Crippen molar-refractivity contribution in [3.63, 3.8) is 0 Å². The molecule has 124 valence electrons. The Bertz CT molecular complexity index is 929. The number of hydrogen-bond acceptors (Lipinski definition) is 2. The van der Waals surface area contributed by atoms with E-state index in [0.717, 1.165) is 30.2 Å². The number of aromatic nitrogens is 1. The van der Waals surface area contributed by atoms with Crippen LogP contribution >= 0.6 is 0 Å². The first-order valence-corrected chi connectivity index (χ1v) is 8.86. The summed E-state index contributed by atoms with van der Waals surface area (Å²) in [5.41, 5.74) is 4.77. The molecule has 25 heavy (non-hydrogen) atoms. The van der Waals surface area contributed by atoms with Gasteiger partial charge in [0.05, 0.1) is 5.52 Å². The Kier molecular flexibility index (Phi) is 4.19. The van der Waals surface area contributed by atoms with Gasteiger partial charge in [-0.05, 0) is 66.1 Å². The van der Waals surface area contributed by atoms with Gasteiger partial charge in [-0.15, -0.1) is 0 Å². The summed E-state index contributed by atoms with van der Waals surface area (Å²) in [4.78, 5) is 16.7. The smallest absolute Gasteiger partial charge is 0.158 e. The van der Waals surface area contributed by atoms with Crippen LogP contribution in [0.25, 0.3) is 22.0 Å². The van der Waals surface area contributed by atoms with Gasteiger partial charge < -0.3 is 0 Å². The van der Waals surface area contributed by atoms with E-state index in [1.807, 2.05) is 18.3 Å². The molecule has 0 amide bonds. The number of rotatable bonds is 4. The SMILES string of the molecule is C=CC(=O)C1CCC(c2cc(-c3ccccc3)cc3cccnc23)C1. The molecule has 0 saturated heterocycles. The molecule has 3 aromatic rings. The number of fused-ring (bicyclic) bond motifs is 1. The van der Waals surface area contributed by atoms with E-state index in [-0.39, 0.29) is 11.7 Å². The van der Waals surface area contributed by atoms with Crippen LogP contribution in [0.4, 0.5) is 0 Å². The fraction of sp³-hybridized carbons (Fsp3) is 0.217. The van der Waals surface area contributed by atoms with Crippen LogP contribution in [0.2, 0.25) is 0 Å². The third-order valence-electron chi connectivity index (χ3n) is 5.32. The minimum atomic E-state index is 0.113. The largest absolute Gasteiger partial charge is 0.295 e. The predicted molar refractivity (Wildman–Crippen MR) is 102 cm³/mol. The van der Waals surface area contributed by atoms with E-state index in [9.17, 15) is 4.79 Å². The van der Waals surface area contributed by atoms with Crippen molar-refractivity contribution >= 4 is 16.7 Å². The van der Waals surface area contributed by atoms with Gasteiger partial charge in [0.1, 0.15) is 0 Å². The minimum absolute atomic E-state index is 0.113. The number of carbonyl (C=O) groups excluding carboxylic acids is 1. The Morgan fingerprint density at radius 2 is 1.88 bits per heavy atom. The van der Waals surface area contributed by atoms with Crippen molar-refractivity contribution in [2.45, 2.75) is 25.2 Å². The van der Waals surface area contributed by atoms with Crippen molar-refractivity contribution in [2.24, 2.45) is 5.92 Å². The number of hydrogen-bond donors (Lipinski definition) is 0. The summed E-state index contributed by atoms with van der Waals surface area (Å²) in [6.07, 6.45) is 6.21. The lowest BCUT2D eigenvalue weighted by molar-refractivity contribution is -0.118. The van der Waals surface area contributed by atoms with Crippen molar-refractivity contribution in [3.05, 3.63) is 79.0 Å². The standard InChI is InChI=1S/C23H21NO/c1-2-22(25)18-11-10-17(13-18)21-15-20(16-7-4-3-5-8-16)14-19-9-6-12-24-23(19)21/h2-9,12,14-15,17-18H,1,10-11,13H2. The van der Waals surface area contributed by atoms with Crippen LogP contribution in [0.3, 0.4) is 0 Å². The van der Waals surface area contributed by atoms with E-state index in [1.165, 1.54) is 22.8 Å². The molecule has 0 radical (unpaired) electrons. The summed E-state index contributed by atoms with van der Waals surface area (Å²) in [6.45, 7) is 3.64. The maximum Gasteiger partial charge on any atom is 0.158 e. The third kappa shape index (κ3) is 3.00. The average molecular weight is 327 g/mol. The van der Waals surface area contributed by atoms with E-state index in [1.54, 1.807) is 0 Å². The van der Waals surface area contributed by atoms with Crippen LogP contribution in [-0.4, -0.2) is 10.8 Å². The van der Waals surface area contributed by atoms with Gasteiger partial charge in [-0.3, -0.25) is 9.78 Å². The van der Waals surface area contributed by atoms with Crippen molar-refractivity contribution in [1.29, 1.82) is 0 Å². The molecule has 0 N–H and O–H groups in total. The highest BCUT2D eigenvalue weighted by molar-refractivity contribution is 5.92. The molecule has 0 aliphatic heterocycles. The molecule has 1 aliphatic carbocycles. The molecule has 1 aliphatic rings. The molecular formula is C23H21NO. The number of benzene rings is 2. The number of allylic oxidation sites excluding steroid dienone is 1. The molecule has 2 unspecified atom stereocenters. The molecule has 0 spiro atoms. The molecule has 2 atom stereocenters. The van der Waals surface area contributed by atoms with Gasteiger partial charge in [0.15, 0.2) is 5.78 Å². The van der Waals surface area contributed by atoms with Gasteiger partial charge in [0.2, 0.25) is 0 Å². The summed E-state index contributed by atoms with van der Waals surface area (Å²) in [7, 11) is 0. The minimum Gasteiger partial charge on any atom is -0.295 e. The number of carbonyl (C=O) groups is 1. The zero-order valence-corrected chi connectivity index (χ0v) is 14.2. The number of nitrogens with zero attached hydrogens (tertiary/aromatic N) is 1. The first-order valence-electron chi connectivity index (χ1n) is 8.86. The second kappa shape index (κ2) is 6.64. The summed E-state index contributed by atoms with van der Waals surface area (Å²) < 4.78 is 0. The zero-order valence-electron chi connectivity index (χ0n) is 14.2. The van der Waals surface area contributed by atoms with Gasteiger partial charge in [0.25, 0.3) is 0 Å². The molecule has 1 heterocycles. The topological polar surface area (TPSA) is 30.0 Å². The first kappa shape index (κ1) is 15.8. The fourth-order valence-electron chi connectivity index (χ4n) is 4.02. The van der Waals surface area contributed by atoms with Crippen LogP contribution in [-0.2, 0) is 4.79 Å². The highest BCUT2D eigenvalue weighted by Crippen LogP contribution is 2.42. The van der Waals surface area contributed by atoms with Gasteiger partial charge in [-0.25, -0.2) is 0 Å². The van der Waals surface area contributed by atoms with Crippen molar-refractivity contribution < 1.29 is 4.79 Å². The molecule has 2 nitrogen and oxygen atoms in total. The predicted octanol–water partition coefficient (Wildman–Crippen LogP) is 5.54. The Labute approximate surface area is 148 Å². The summed E-state index contributed by atoms with van der Waals surface area (Å²) in [5, 5.41) is 1.16. The number of ketones is 1. The van der Waals surface area contributed by atoms with Crippen molar-refractivity contribution in [3.8, 4) is 11.1 Å². The van der Waals surface area contributed by atoms with Crippen LogP contribution in [0, 0.1) is 5.92 Å². The molecule has 2 heteroatoms. The summed E-state index contributed by atoms with van der Waals surface area (Å²) in [5.74, 6) is 0.676. The highest BCUT2D eigenvalue weighted by atomic mass is 16.1. The third-order valence-corrected chi connectivity index (χ3v) is 5.32. The van der Waals surface area contributed by atoms with E-state index in [4.69, 9.17) is 0 Å². The van der Waals surface area contributed by atoms with Crippen LogP contribution in [0.15, 0.2) is 73.4 Å².